The lowest BCUT2D eigenvalue weighted by Crippen LogP contribution is -2.56. The van der Waals surface area contributed by atoms with Crippen molar-refractivity contribution >= 4 is 39.8 Å². The maximum absolute atomic E-state index is 12.7. The van der Waals surface area contributed by atoms with E-state index in [1.54, 1.807) is 12.3 Å². The minimum Gasteiger partial charge on any atom is -0.444 e. The number of nitrogens with zero attached hydrogens (tertiary/aromatic N) is 5. The molecule has 30 heavy (non-hydrogen) atoms. The molecule has 2 atom stereocenters. The molecule has 4 rings (SSSR count). The third kappa shape index (κ3) is 4.32. The van der Waals surface area contributed by atoms with Crippen LogP contribution in [0.5, 0.6) is 0 Å². The van der Waals surface area contributed by atoms with Gasteiger partial charge in [-0.25, -0.2) is 9.78 Å². The van der Waals surface area contributed by atoms with Crippen molar-refractivity contribution in [3.05, 3.63) is 17.4 Å². The first-order valence-electron chi connectivity index (χ1n) is 10.2. The molecular formula is C20H27ClN6O2S. The van der Waals surface area contributed by atoms with Crippen molar-refractivity contribution in [3.8, 4) is 10.6 Å². The number of rotatable bonds is 4. The van der Waals surface area contributed by atoms with Gasteiger partial charge in [-0.15, -0.1) is 10.2 Å². The monoisotopic (exact) mass is 450 g/mol. The number of ether oxygens (including phenoxy) is 1. The van der Waals surface area contributed by atoms with Crippen LogP contribution < -0.4 is 10.2 Å². The van der Waals surface area contributed by atoms with Crippen molar-refractivity contribution in [2.75, 3.05) is 29.9 Å². The van der Waals surface area contributed by atoms with E-state index in [2.05, 4.69) is 25.4 Å². The third-order valence-corrected chi connectivity index (χ3v) is 6.46. The minimum absolute atomic E-state index is 0.139. The van der Waals surface area contributed by atoms with Crippen LogP contribution in [0.15, 0.2) is 12.3 Å². The van der Waals surface area contributed by atoms with Gasteiger partial charge in [0.25, 0.3) is 0 Å². The van der Waals surface area contributed by atoms with Crippen LogP contribution in [-0.4, -0.2) is 63.5 Å². The molecule has 8 nitrogen and oxygen atoms in total. The van der Waals surface area contributed by atoms with Crippen molar-refractivity contribution in [2.24, 2.45) is 0 Å². The van der Waals surface area contributed by atoms with Crippen LogP contribution in [0.3, 0.4) is 0 Å². The van der Waals surface area contributed by atoms with E-state index in [1.165, 1.54) is 11.3 Å². The summed E-state index contributed by atoms with van der Waals surface area (Å²) in [7, 11) is 0. The fourth-order valence-electron chi connectivity index (χ4n) is 4.06. The Hall–Kier alpha value is -2.13. The van der Waals surface area contributed by atoms with Crippen LogP contribution >= 0.6 is 22.9 Å². The summed E-state index contributed by atoms with van der Waals surface area (Å²) in [5.41, 5.74) is 1.30. The van der Waals surface area contributed by atoms with E-state index >= 15 is 0 Å². The fourth-order valence-corrected chi connectivity index (χ4v) is 5.11. The highest BCUT2D eigenvalue weighted by molar-refractivity contribution is 7.18. The van der Waals surface area contributed by atoms with Crippen molar-refractivity contribution in [1.29, 1.82) is 0 Å². The van der Waals surface area contributed by atoms with Gasteiger partial charge >= 0.3 is 6.09 Å². The van der Waals surface area contributed by atoms with Gasteiger partial charge in [0.2, 0.25) is 5.13 Å². The Labute approximate surface area is 185 Å². The van der Waals surface area contributed by atoms with E-state index < -0.39 is 5.60 Å². The number of amides is 1. The minimum atomic E-state index is -0.487. The highest BCUT2D eigenvalue weighted by Gasteiger charge is 2.45. The van der Waals surface area contributed by atoms with Crippen molar-refractivity contribution in [3.63, 3.8) is 0 Å². The Morgan fingerprint density at radius 1 is 1.30 bits per heavy atom. The molecule has 1 amide bonds. The van der Waals surface area contributed by atoms with Gasteiger partial charge < -0.3 is 15.0 Å². The predicted octanol–water partition coefficient (Wildman–Crippen LogP) is 4.27. The first kappa shape index (κ1) is 21.1. The normalized spacial score (nSPS) is 21.1. The van der Waals surface area contributed by atoms with E-state index in [4.69, 9.17) is 16.3 Å². The molecule has 10 heteroatoms. The average molecular weight is 451 g/mol. The van der Waals surface area contributed by atoms with Crippen LogP contribution in [0.1, 0.15) is 40.5 Å². The van der Waals surface area contributed by atoms with E-state index in [0.29, 0.717) is 5.15 Å². The number of fused-ring (bicyclic) bond motifs is 2. The Balaban J connectivity index is 1.51. The molecule has 2 bridgehead atoms. The highest BCUT2D eigenvalue weighted by atomic mass is 35.5. The fraction of sp³-hybridized carbons (Fsp3) is 0.600. The lowest BCUT2D eigenvalue weighted by Gasteiger charge is -2.41. The maximum atomic E-state index is 12.7. The van der Waals surface area contributed by atoms with Gasteiger partial charge in [-0.3, -0.25) is 4.90 Å². The topological polar surface area (TPSA) is 83.5 Å². The Morgan fingerprint density at radius 2 is 2.00 bits per heavy atom. The SMILES string of the molecule is CCNc1cc(Cl)ncc1-c1nnc(N2CC3CCC(C2)N3C(=O)OC(C)(C)C)s1. The van der Waals surface area contributed by atoms with Crippen LogP contribution in [0.2, 0.25) is 5.15 Å². The standard InChI is InChI=1S/C20H27ClN6O2S/c1-5-22-15-8-16(21)23-9-14(15)17-24-25-18(30-17)26-10-12-6-7-13(11-26)27(12)19(28)29-20(2,3)4/h8-9,12-13H,5-7,10-11H2,1-4H3,(H,22,23). The number of halogens is 1. The van der Waals surface area contributed by atoms with E-state index in [-0.39, 0.29) is 18.2 Å². The summed E-state index contributed by atoms with van der Waals surface area (Å²) in [6.07, 6.45) is 3.49. The molecule has 2 aromatic heterocycles. The van der Waals surface area contributed by atoms with Crippen LogP contribution in [0.25, 0.3) is 10.6 Å². The van der Waals surface area contributed by atoms with E-state index in [9.17, 15) is 4.79 Å². The zero-order valence-electron chi connectivity index (χ0n) is 17.7. The molecule has 2 aliphatic rings. The number of nitrogens with one attached hydrogen (secondary N) is 1. The molecular weight excluding hydrogens is 424 g/mol. The molecule has 0 aliphatic carbocycles. The summed E-state index contributed by atoms with van der Waals surface area (Å²) < 4.78 is 5.63. The molecule has 2 unspecified atom stereocenters. The van der Waals surface area contributed by atoms with E-state index in [0.717, 1.165) is 53.9 Å². The largest absolute Gasteiger partial charge is 0.444 e. The number of piperazine rings is 1. The summed E-state index contributed by atoms with van der Waals surface area (Å²) in [6, 6.07) is 2.09. The number of carbonyl (C=O) groups is 1. The van der Waals surface area contributed by atoms with Gasteiger partial charge in [-0.2, -0.15) is 0 Å². The first-order chi connectivity index (χ1) is 14.2. The van der Waals surface area contributed by atoms with Crippen LogP contribution in [0, 0.1) is 0 Å². The van der Waals surface area contributed by atoms with Crippen LogP contribution in [0.4, 0.5) is 15.6 Å². The highest BCUT2D eigenvalue weighted by Crippen LogP contribution is 2.38. The number of carbonyl (C=O) groups excluding carboxylic acids is 1. The lowest BCUT2D eigenvalue weighted by atomic mass is 10.2. The molecule has 0 aromatic carbocycles. The summed E-state index contributed by atoms with van der Waals surface area (Å²) in [6.45, 7) is 9.99. The summed E-state index contributed by atoms with van der Waals surface area (Å²) in [5.74, 6) is 0. The van der Waals surface area contributed by atoms with Crippen molar-refractivity contribution < 1.29 is 9.53 Å². The van der Waals surface area contributed by atoms with Gasteiger partial charge in [0.15, 0.2) is 5.01 Å². The molecule has 1 N–H and O–H groups in total. The summed E-state index contributed by atoms with van der Waals surface area (Å²) >= 11 is 7.59. The number of anilines is 2. The molecule has 2 saturated heterocycles. The zero-order chi connectivity index (χ0) is 21.5. The molecule has 162 valence electrons. The van der Waals surface area contributed by atoms with Gasteiger partial charge in [-0.05, 0) is 46.6 Å². The molecule has 2 aromatic rings. The quantitative estimate of drug-likeness (QED) is 0.696. The summed E-state index contributed by atoms with van der Waals surface area (Å²) in [4.78, 5) is 21.0. The molecule has 4 heterocycles. The molecule has 2 fully saturated rings. The van der Waals surface area contributed by atoms with E-state index in [1.807, 2.05) is 32.6 Å². The zero-order valence-corrected chi connectivity index (χ0v) is 19.3. The number of hydrogen-bond acceptors (Lipinski definition) is 8. The Kier molecular flexibility index (Phi) is 5.76. The Bertz CT molecular complexity index is 916. The second-order valence-corrected chi connectivity index (χ2v) is 9.99. The Morgan fingerprint density at radius 3 is 2.63 bits per heavy atom. The lowest BCUT2D eigenvalue weighted by molar-refractivity contribution is 0.0123. The van der Waals surface area contributed by atoms with Gasteiger partial charge in [0.05, 0.1) is 17.6 Å². The molecule has 2 aliphatic heterocycles. The number of hydrogen-bond donors (Lipinski definition) is 1. The molecule has 0 spiro atoms. The van der Waals surface area contributed by atoms with Crippen molar-refractivity contribution in [1.82, 2.24) is 20.1 Å². The number of aromatic nitrogens is 3. The van der Waals surface area contributed by atoms with Gasteiger partial charge in [0.1, 0.15) is 10.8 Å². The second kappa shape index (κ2) is 8.19. The average Bonchev–Trinajstić information content (AvgIpc) is 3.24. The van der Waals surface area contributed by atoms with Crippen LogP contribution in [-0.2, 0) is 4.74 Å². The smallest absolute Gasteiger partial charge is 0.410 e. The van der Waals surface area contributed by atoms with Crippen molar-refractivity contribution in [2.45, 2.75) is 58.2 Å². The van der Waals surface area contributed by atoms with Gasteiger partial charge in [0, 0.05) is 31.5 Å². The third-order valence-electron chi connectivity index (χ3n) is 5.24. The predicted molar refractivity (Wildman–Crippen MR) is 119 cm³/mol. The van der Waals surface area contributed by atoms with Gasteiger partial charge in [-0.1, -0.05) is 22.9 Å². The maximum Gasteiger partial charge on any atom is 0.410 e. The first-order valence-corrected chi connectivity index (χ1v) is 11.4. The molecule has 0 radical (unpaired) electrons. The second-order valence-electron chi connectivity index (χ2n) is 8.65. The summed E-state index contributed by atoms with van der Waals surface area (Å²) in [5, 5.41) is 14.3. The molecule has 0 saturated carbocycles. The number of pyridine rings is 1.